The van der Waals surface area contributed by atoms with Gasteiger partial charge >= 0.3 is 6.18 Å². The Labute approximate surface area is 178 Å². The van der Waals surface area contributed by atoms with Crippen molar-refractivity contribution < 1.29 is 13.2 Å². The zero-order valence-electron chi connectivity index (χ0n) is 14.9. The normalized spacial score (nSPS) is 11.6. The molecule has 4 rings (SSSR count). The summed E-state index contributed by atoms with van der Waals surface area (Å²) in [6.45, 7) is 0. The molecule has 4 aromatic rings. The molecule has 11 heteroatoms. The second-order valence-corrected chi connectivity index (χ2v) is 7.02. The van der Waals surface area contributed by atoms with Gasteiger partial charge in [-0.05, 0) is 30.3 Å². The highest BCUT2D eigenvalue weighted by Gasteiger charge is 2.34. The lowest BCUT2D eigenvalue weighted by Crippen LogP contribution is -2.12. The number of hydrogen-bond donors (Lipinski definition) is 1. The third-order valence-electron chi connectivity index (χ3n) is 4.12. The number of anilines is 1. The summed E-state index contributed by atoms with van der Waals surface area (Å²) in [4.78, 5) is 16.1. The van der Waals surface area contributed by atoms with Gasteiger partial charge in [-0.3, -0.25) is 4.57 Å². The van der Waals surface area contributed by atoms with Crippen LogP contribution in [-0.4, -0.2) is 24.5 Å². The average molecular weight is 451 g/mol. The molecule has 152 valence electrons. The van der Waals surface area contributed by atoms with Gasteiger partial charge in [0.15, 0.2) is 5.69 Å². The lowest BCUT2D eigenvalue weighted by atomic mass is 10.1. The van der Waals surface area contributed by atoms with E-state index in [2.05, 4.69) is 19.9 Å². The van der Waals surface area contributed by atoms with Gasteiger partial charge in [-0.25, -0.2) is 19.9 Å². The molecule has 0 aliphatic heterocycles. The maximum Gasteiger partial charge on any atom is 0.433 e. The molecule has 0 fully saturated rings. The summed E-state index contributed by atoms with van der Waals surface area (Å²) in [6, 6.07) is 8.60. The van der Waals surface area contributed by atoms with E-state index in [0.717, 1.165) is 6.07 Å². The van der Waals surface area contributed by atoms with Gasteiger partial charge in [-0.15, -0.1) is 0 Å². The minimum absolute atomic E-state index is 0.0373. The SMILES string of the molecule is Nc1ccc(-c2cn(-c3nc(-c4ccc(Cl)c(Cl)c4)cc(C(F)(F)F)n3)cn2)cn1. The van der Waals surface area contributed by atoms with Crippen LogP contribution in [0.5, 0.6) is 0 Å². The van der Waals surface area contributed by atoms with Crippen molar-refractivity contribution in [3.8, 4) is 28.5 Å². The second kappa shape index (κ2) is 7.58. The van der Waals surface area contributed by atoms with Gasteiger partial charge in [0.2, 0.25) is 5.95 Å². The quantitative estimate of drug-likeness (QED) is 0.457. The fourth-order valence-electron chi connectivity index (χ4n) is 2.64. The average Bonchev–Trinajstić information content (AvgIpc) is 3.20. The fourth-order valence-corrected chi connectivity index (χ4v) is 2.93. The first-order valence-corrected chi connectivity index (χ1v) is 9.14. The van der Waals surface area contributed by atoms with Crippen LogP contribution >= 0.6 is 23.2 Å². The van der Waals surface area contributed by atoms with Crippen molar-refractivity contribution in [1.82, 2.24) is 24.5 Å². The number of benzene rings is 1. The number of pyridine rings is 1. The molecule has 0 atom stereocenters. The molecule has 0 bridgehead atoms. The van der Waals surface area contributed by atoms with Crippen LogP contribution in [-0.2, 0) is 6.18 Å². The van der Waals surface area contributed by atoms with Gasteiger partial charge in [0.25, 0.3) is 0 Å². The van der Waals surface area contributed by atoms with E-state index in [1.165, 1.54) is 41.5 Å². The van der Waals surface area contributed by atoms with Gasteiger partial charge < -0.3 is 5.73 Å². The Hall–Kier alpha value is -3.17. The Morgan fingerprint density at radius 2 is 1.63 bits per heavy atom. The molecule has 0 spiro atoms. The monoisotopic (exact) mass is 450 g/mol. The molecule has 3 aromatic heterocycles. The molecule has 30 heavy (non-hydrogen) atoms. The van der Waals surface area contributed by atoms with Crippen LogP contribution in [0.2, 0.25) is 10.0 Å². The van der Waals surface area contributed by atoms with Crippen molar-refractivity contribution in [2.24, 2.45) is 0 Å². The van der Waals surface area contributed by atoms with Crippen molar-refractivity contribution in [1.29, 1.82) is 0 Å². The third-order valence-corrected chi connectivity index (χ3v) is 4.85. The maximum atomic E-state index is 13.4. The van der Waals surface area contributed by atoms with E-state index in [-0.39, 0.29) is 21.7 Å². The van der Waals surface area contributed by atoms with Gasteiger partial charge in [0, 0.05) is 23.5 Å². The first-order valence-electron chi connectivity index (χ1n) is 8.39. The maximum absolute atomic E-state index is 13.4. The lowest BCUT2D eigenvalue weighted by molar-refractivity contribution is -0.141. The summed E-state index contributed by atoms with van der Waals surface area (Å²) in [5.74, 6) is 0.138. The molecule has 0 saturated carbocycles. The van der Waals surface area contributed by atoms with E-state index in [0.29, 0.717) is 22.6 Å². The Morgan fingerprint density at radius 3 is 2.30 bits per heavy atom. The summed E-state index contributed by atoms with van der Waals surface area (Å²) >= 11 is 11.9. The van der Waals surface area contributed by atoms with Gasteiger partial charge in [0.1, 0.15) is 12.1 Å². The highest BCUT2D eigenvalue weighted by atomic mass is 35.5. The number of alkyl halides is 3. The first-order chi connectivity index (χ1) is 14.2. The lowest BCUT2D eigenvalue weighted by Gasteiger charge is -2.11. The molecule has 0 aliphatic carbocycles. The minimum Gasteiger partial charge on any atom is -0.384 e. The number of aromatic nitrogens is 5. The molecule has 0 amide bonds. The Balaban J connectivity index is 1.81. The van der Waals surface area contributed by atoms with Gasteiger partial charge in [-0.1, -0.05) is 29.3 Å². The van der Waals surface area contributed by atoms with E-state index in [4.69, 9.17) is 28.9 Å². The Bertz CT molecular complexity index is 1220. The topological polar surface area (TPSA) is 82.5 Å². The largest absolute Gasteiger partial charge is 0.433 e. The van der Waals surface area contributed by atoms with Crippen molar-refractivity contribution in [3.63, 3.8) is 0 Å². The molecule has 0 radical (unpaired) electrons. The molecule has 0 aliphatic rings. The highest BCUT2D eigenvalue weighted by Crippen LogP contribution is 2.33. The predicted molar refractivity (Wildman–Crippen MR) is 107 cm³/mol. The van der Waals surface area contributed by atoms with Crippen LogP contribution in [0.1, 0.15) is 5.69 Å². The molecule has 3 heterocycles. The van der Waals surface area contributed by atoms with Crippen LogP contribution in [0.25, 0.3) is 28.5 Å². The van der Waals surface area contributed by atoms with Crippen LogP contribution in [0.4, 0.5) is 19.0 Å². The molecule has 1 aromatic carbocycles. The van der Waals surface area contributed by atoms with Crippen LogP contribution in [0.3, 0.4) is 0 Å². The predicted octanol–water partition coefficient (Wildman–Crippen LogP) is 5.30. The van der Waals surface area contributed by atoms with Crippen LogP contribution < -0.4 is 5.73 Å². The zero-order valence-corrected chi connectivity index (χ0v) is 16.4. The van der Waals surface area contributed by atoms with Gasteiger partial charge in [0.05, 0.1) is 21.4 Å². The van der Waals surface area contributed by atoms with E-state index < -0.39 is 11.9 Å². The third kappa shape index (κ3) is 4.07. The first kappa shape index (κ1) is 20.1. The zero-order chi connectivity index (χ0) is 21.5. The second-order valence-electron chi connectivity index (χ2n) is 6.20. The molecule has 6 nitrogen and oxygen atoms in total. The Kier molecular flexibility index (Phi) is 5.08. The summed E-state index contributed by atoms with van der Waals surface area (Å²) in [5, 5.41) is 0.478. The number of rotatable bonds is 3. The highest BCUT2D eigenvalue weighted by molar-refractivity contribution is 6.42. The summed E-state index contributed by atoms with van der Waals surface area (Å²) < 4.78 is 41.6. The molecule has 0 saturated heterocycles. The summed E-state index contributed by atoms with van der Waals surface area (Å²) in [7, 11) is 0. The number of hydrogen-bond acceptors (Lipinski definition) is 5. The van der Waals surface area contributed by atoms with Crippen LogP contribution in [0.15, 0.2) is 55.1 Å². The van der Waals surface area contributed by atoms with E-state index in [1.807, 2.05) is 0 Å². The summed E-state index contributed by atoms with van der Waals surface area (Å²) in [5.41, 5.74) is 5.98. The number of nitrogens with zero attached hydrogens (tertiary/aromatic N) is 5. The number of halogens is 5. The molecular weight excluding hydrogens is 440 g/mol. The van der Waals surface area contributed by atoms with E-state index in [9.17, 15) is 13.2 Å². The standard InChI is InChI=1S/C19H11Cl2F3N6/c20-12-3-1-10(5-13(12)21)14-6-16(19(22,23)24)29-18(28-14)30-8-15(27-9-30)11-2-4-17(25)26-7-11/h1-9H,(H2,25,26). The Morgan fingerprint density at radius 1 is 0.867 bits per heavy atom. The number of imidazole rings is 1. The van der Waals surface area contributed by atoms with Gasteiger partial charge in [-0.2, -0.15) is 13.2 Å². The van der Waals surface area contributed by atoms with Crippen molar-refractivity contribution >= 4 is 29.0 Å². The van der Waals surface area contributed by atoms with Crippen molar-refractivity contribution in [3.05, 3.63) is 70.9 Å². The van der Waals surface area contributed by atoms with Crippen molar-refractivity contribution in [2.75, 3.05) is 5.73 Å². The fraction of sp³-hybridized carbons (Fsp3) is 0.0526. The summed E-state index contributed by atoms with van der Waals surface area (Å²) in [6.07, 6.45) is -0.343. The number of nitrogens with two attached hydrogens (primary N) is 1. The molecular formula is C19H11Cl2F3N6. The van der Waals surface area contributed by atoms with Crippen molar-refractivity contribution in [2.45, 2.75) is 6.18 Å². The van der Waals surface area contributed by atoms with E-state index in [1.54, 1.807) is 12.1 Å². The van der Waals surface area contributed by atoms with E-state index >= 15 is 0 Å². The number of nitrogen functional groups attached to an aromatic ring is 1. The van der Waals surface area contributed by atoms with Crippen LogP contribution in [0, 0.1) is 0 Å². The smallest absolute Gasteiger partial charge is 0.384 e. The minimum atomic E-state index is -4.67. The molecule has 0 unspecified atom stereocenters. The molecule has 2 N–H and O–H groups in total.